The molecule has 1 heterocycles. The predicted molar refractivity (Wildman–Crippen MR) is 70.1 cm³/mol. The first kappa shape index (κ1) is 13.8. The third-order valence-electron chi connectivity index (χ3n) is 2.95. The molecule has 2 N–H and O–H groups in total. The standard InChI is InChI=1S/C14H19NO4/c1-9-4-5-12(16)11(6-9)13(17)15-7-10-8-18-14(2,3)19-10/h4-6,10,16H,7-8H2,1-3H3,(H,15,17). The Kier molecular flexibility index (Phi) is 3.78. The van der Waals surface area contributed by atoms with Gasteiger partial charge >= 0.3 is 0 Å². The van der Waals surface area contributed by atoms with Gasteiger partial charge in [-0.3, -0.25) is 4.79 Å². The van der Waals surface area contributed by atoms with Crippen molar-refractivity contribution < 1.29 is 19.4 Å². The van der Waals surface area contributed by atoms with Crippen molar-refractivity contribution in [3.05, 3.63) is 29.3 Å². The van der Waals surface area contributed by atoms with Crippen LogP contribution in [-0.4, -0.2) is 36.1 Å². The van der Waals surface area contributed by atoms with Gasteiger partial charge in [-0.1, -0.05) is 11.6 Å². The second-order valence-corrected chi connectivity index (χ2v) is 5.18. The highest BCUT2D eigenvalue weighted by Crippen LogP contribution is 2.22. The van der Waals surface area contributed by atoms with Gasteiger partial charge in [0.1, 0.15) is 11.9 Å². The molecule has 1 atom stereocenters. The van der Waals surface area contributed by atoms with Crippen LogP contribution in [0.1, 0.15) is 29.8 Å². The molecule has 1 saturated heterocycles. The molecular formula is C14H19NO4. The van der Waals surface area contributed by atoms with Crippen LogP contribution in [0, 0.1) is 6.92 Å². The monoisotopic (exact) mass is 265 g/mol. The molecule has 1 amide bonds. The Labute approximate surface area is 112 Å². The molecule has 1 aliphatic rings. The van der Waals surface area contributed by atoms with Gasteiger partial charge in [-0.05, 0) is 32.9 Å². The van der Waals surface area contributed by atoms with Crippen molar-refractivity contribution >= 4 is 5.91 Å². The van der Waals surface area contributed by atoms with Gasteiger partial charge in [0.25, 0.3) is 5.91 Å². The lowest BCUT2D eigenvalue weighted by Crippen LogP contribution is -2.34. The van der Waals surface area contributed by atoms with Crippen molar-refractivity contribution in [1.82, 2.24) is 5.32 Å². The Balaban J connectivity index is 1.93. The number of hydrogen-bond acceptors (Lipinski definition) is 4. The smallest absolute Gasteiger partial charge is 0.255 e. The molecule has 19 heavy (non-hydrogen) atoms. The molecule has 1 aliphatic heterocycles. The van der Waals surface area contributed by atoms with Gasteiger partial charge in [-0.2, -0.15) is 0 Å². The van der Waals surface area contributed by atoms with Crippen LogP contribution in [-0.2, 0) is 9.47 Å². The number of ether oxygens (including phenoxy) is 2. The first-order valence-electron chi connectivity index (χ1n) is 6.27. The van der Waals surface area contributed by atoms with Gasteiger partial charge in [0.05, 0.1) is 12.2 Å². The maximum atomic E-state index is 12.0. The number of carbonyl (C=O) groups is 1. The highest BCUT2D eigenvalue weighted by Gasteiger charge is 2.32. The van der Waals surface area contributed by atoms with Gasteiger partial charge in [-0.25, -0.2) is 0 Å². The van der Waals surface area contributed by atoms with Crippen molar-refractivity contribution in [2.75, 3.05) is 13.2 Å². The first-order chi connectivity index (χ1) is 8.87. The van der Waals surface area contributed by atoms with Crippen molar-refractivity contribution in [3.63, 3.8) is 0 Å². The van der Waals surface area contributed by atoms with E-state index in [2.05, 4.69) is 5.32 Å². The van der Waals surface area contributed by atoms with Crippen molar-refractivity contribution in [2.24, 2.45) is 0 Å². The molecule has 104 valence electrons. The van der Waals surface area contributed by atoms with Crippen LogP contribution < -0.4 is 5.32 Å². The molecule has 0 saturated carbocycles. The minimum atomic E-state index is -0.596. The van der Waals surface area contributed by atoms with E-state index in [1.54, 1.807) is 12.1 Å². The summed E-state index contributed by atoms with van der Waals surface area (Å²) in [4.78, 5) is 12.0. The third-order valence-corrected chi connectivity index (χ3v) is 2.95. The highest BCUT2D eigenvalue weighted by atomic mass is 16.7. The summed E-state index contributed by atoms with van der Waals surface area (Å²) in [6.45, 7) is 6.35. The summed E-state index contributed by atoms with van der Waals surface area (Å²) in [5.74, 6) is -0.928. The summed E-state index contributed by atoms with van der Waals surface area (Å²) >= 11 is 0. The van der Waals surface area contributed by atoms with Crippen LogP contribution >= 0.6 is 0 Å². The van der Waals surface area contributed by atoms with E-state index >= 15 is 0 Å². The molecule has 5 heteroatoms. The van der Waals surface area contributed by atoms with E-state index in [1.807, 2.05) is 20.8 Å². The van der Waals surface area contributed by atoms with Crippen LogP contribution in [0.25, 0.3) is 0 Å². The lowest BCUT2D eigenvalue weighted by atomic mass is 10.1. The molecule has 0 radical (unpaired) electrons. The quantitative estimate of drug-likeness (QED) is 0.870. The van der Waals surface area contributed by atoms with Crippen LogP contribution in [0.5, 0.6) is 5.75 Å². The van der Waals surface area contributed by atoms with E-state index in [0.717, 1.165) is 5.56 Å². The van der Waals surface area contributed by atoms with E-state index in [9.17, 15) is 9.90 Å². The fraction of sp³-hybridized carbons (Fsp3) is 0.500. The van der Waals surface area contributed by atoms with Crippen molar-refractivity contribution in [2.45, 2.75) is 32.7 Å². The highest BCUT2D eigenvalue weighted by molar-refractivity contribution is 5.96. The van der Waals surface area contributed by atoms with Crippen LogP contribution in [0.15, 0.2) is 18.2 Å². The molecule has 0 aromatic heterocycles. The zero-order valence-electron chi connectivity index (χ0n) is 11.4. The number of phenolic OH excluding ortho intramolecular Hbond substituents is 1. The van der Waals surface area contributed by atoms with Gasteiger partial charge in [0.15, 0.2) is 5.79 Å². The fourth-order valence-corrected chi connectivity index (χ4v) is 2.00. The van der Waals surface area contributed by atoms with E-state index in [1.165, 1.54) is 6.07 Å². The Morgan fingerprint density at radius 1 is 1.53 bits per heavy atom. The lowest BCUT2D eigenvalue weighted by Gasteiger charge is -2.17. The normalized spacial score (nSPS) is 21.3. The van der Waals surface area contributed by atoms with E-state index in [-0.39, 0.29) is 23.3 Å². The largest absolute Gasteiger partial charge is 0.507 e. The minimum absolute atomic E-state index is 0.0213. The Hall–Kier alpha value is -1.59. The fourth-order valence-electron chi connectivity index (χ4n) is 2.00. The number of amides is 1. The van der Waals surface area contributed by atoms with Crippen LogP contribution in [0.3, 0.4) is 0 Å². The second-order valence-electron chi connectivity index (χ2n) is 5.18. The van der Waals surface area contributed by atoms with E-state index in [0.29, 0.717) is 13.2 Å². The molecule has 1 aromatic rings. The van der Waals surface area contributed by atoms with Gasteiger partial charge in [0.2, 0.25) is 0 Å². The van der Waals surface area contributed by atoms with Crippen molar-refractivity contribution in [3.8, 4) is 5.75 Å². The Bertz CT molecular complexity index is 484. The molecule has 0 spiro atoms. The summed E-state index contributed by atoms with van der Waals surface area (Å²) in [6.07, 6.45) is -0.161. The van der Waals surface area contributed by atoms with Crippen LogP contribution in [0.4, 0.5) is 0 Å². The number of nitrogens with one attached hydrogen (secondary N) is 1. The van der Waals surface area contributed by atoms with Gasteiger partial charge < -0.3 is 19.9 Å². The zero-order chi connectivity index (χ0) is 14.0. The molecule has 1 unspecified atom stereocenters. The maximum Gasteiger partial charge on any atom is 0.255 e. The molecule has 0 bridgehead atoms. The molecule has 1 aromatic carbocycles. The number of rotatable bonds is 3. The molecule has 2 rings (SSSR count). The third kappa shape index (κ3) is 3.45. The van der Waals surface area contributed by atoms with Crippen LogP contribution in [0.2, 0.25) is 0 Å². The predicted octanol–water partition coefficient (Wildman–Crippen LogP) is 1.58. The van der Waals surface area contributed by atoms with Gasteiger partial charge in [-0.15, -0.1) is 0 Å². The van der Waals surface area contributed by atoms with Crippen molar-refractivity contribution in [1.29, 1.82) is 0 Å². The minimum Gasteiger partial charge on any atom is -0.507 e. The summed E-state index contributed by atoms with van der Waals surface area (Å²) in [5.41, 5.74) is 1.20. The number of phenols is 1. The Morgan fingerprint density at radius 3 is 2.89 bits per heavy atom. The summed E-state index contributed by atoms with van der Waals surface area (Å²) in [6, 6.07) is 4.92. The number of aryl methyl sites for hydroxylation is 1. The average molecular weight is 265 g/mol. The van der Waals surface area contributed by atoms with E-state index < -0.39 is 5.79 Å². The SMILES string of the molecule is Cc1ccc(O)c(C(=O)NCC2COC(C)(C)O2)c1. The van der Waals surface area contributed by atoms with E-state index in [4.69, 9.17) is 9.47 Å². The number of hydrogen-bond donors (Lipinski definition) is 2. The topological polar surface area (TPSA) is 67.8 Å². The number of carbonyl (C=O) groups excluding carboxylic acids is 1. The number of benzene rings is 1. The first-order valence-corrected chi connectivity index (χ1v) is 6.27. The molecular weight excluding hydrogens is 246 g/mol. The molecule has 1 fully saturated rings. The summed E-state index contributed by atoms with van der Waals surface area (Å²) < 4.78 is 11.0. The Morgan fingerprint density at radius 2 is 2.26 bits per heavy atom. The second kappa shape index (κ2) is 5.19. The zero-order valence-corrected chi connectivity index (χ0v) is 11.4. The summed E-state index contributed by atoms with van der Waals surface area (Å²) in [7, 11) is 0. The number of aromatic hydroxyl groups is 1. The van der Waals surface area contributed by atoms with Gasteiger partial charge in [0, 0.05) is 6.54 Å². The average Bonchev–Trinajstić information content (AvgIpc) is 2.69. The molecule has 5 nitrogen and oxygen atoms in total. The summed E-state index contributed by atoms with van der Waals surface area (Å²) in [5, 5.41) is 12.4. The maximum absolute atomic E-state index is 12.0. The molecule has 0 aliphatic carbocycles. The lowest BCUT2D eigenvalue weighted by molar-refractivity contribution is -0.137.